The molecule has 0 bridgehead atoms. The number of carbonyl (C=O) groups is 3. The second-order valence-electron chi connectivity index (χ2n) is 8.11. The number of sulfonamides is 1. The number of aromatic nitrogens is 1. The Morgan fingerprint density at radius 2 is 1.79 bits per heavy atom. The Morgan fingerprint density at radius 3 is 2.38 bits per heavy atom. The molecule has 11 nitrogen and oxygen atoms in total. The number of anilines is 3. The zero-order valence-electron chi connectivity index (χ0n) is 19.0. The van der Waals surface area contributed by atoms with Crippen molar-refractivity contribution in [2.24, 2.45) is 11.7 Å². The van der Waals surface area contributed by atoms with Gasteiger partial charge in [0.05, 0.1) is 29.2 Å². The van der Waals surface area contributed by atoms with E-state index in [-0.39, 0.29) is 22.6 Å². The molecule has 1 unspecified atom stereocenters. The van der Waals surface area contributed by atoms with Gasteiger partial charge in [-0.3, -0.25) is 14.4 Å². The normalized spacial score (nSPS) is 16.2. The Hall–Kier alpha value is -3.51. The number of rotatable bonds is 8. The first-order chi connectivity index (χ1) is 16.1. The lowest BCUT2D eigenvalue weighted by molar-refractivity contribution is -0.122. The van der Waals surface area contributed by atoms with Crippen LogP contribution in [-0.2, 0) is 24.4 Å². The van der Waals surface area contributed by atoms with Crippen molar-refractivity contribution >= 4 is 44.9 Å². The quantitative estimate of drug-likeness (QED) is 0.501. The highest BCUT2D eigenvalue weighted by molar-refractivity contribution is 7.89. The van der Waals surface area contributed by atoms with Crippen molar-refractivity contribution in [1.29, 1.82) is 0 Å². The average Bonchev–Trinajstić information content (AvgIpc) is 2.79. The summed E-state index contributed by atoms with van der Waals surface area (Å²) in [6.07, 6.45) is 3.08. The third-order valence-corrected chi connectivity index (χ3v) is 7.25. The Labute approximate surface area is 198 Å². The summed E-state index contributed by atoms with van der Waals surface area (Å²) >= 11 is 0. The summed E-state index contributed by atoms with van der Waals surface area (Å²) in [6, 6.07) is 9.08. The van der Waals surface area contributed by atoms with E-state index in [4.69, 9.17) is 5.73 Å². The first-order valence-electron chi connectivity index (χ1n) is 10.7. The van der Waals surface area contributed by atoms with E-state index in [9.17, 15) is 22.8 Å². The Kier molecular flexibility index (Phi) is 7.84. The molecule has 0 saturated carbocycles. The maximum atomic E-state index is 12.8. The van der Waals surface area contributed by atoms with Crippen molar-refractivity contribution in [3.63, 3.8) is 0 Å². The number of hydrogen-bond donors (Lipinski definition) is 3. The predicted molar refractivity (Wildman–Crippen MR) is 128 cm³/mol. The Balaban J connectivity index is 1.58. The number of nitrogens with zero attached hydrogens (tertiary/aromatic N) is 3. The monoisotopic (exact) mass is 488 g/mol. The molecule has 2 heterocycles. The van der Waals surface area contributed by atoms with Gasteiger partial charge < -0.3 is 21.3 Å². The summed E-state index contributed by atoms with van der Waals surface area (Å²) in [5, 5.41) is 5.20. The molecule has 3 amide bonds. The summed E-state index contributed by atoms with van der Waals surface area (Å²) in [6.45, 7) is 2.22. The molecule has 1 aromatic carbocycles. The molecule has 1 saturated heterocycles. The molecule has 1 atom stereocenters. The van der Waals surface area contributed by atoms with Crippen LogP contribution < -0.4 is 21.3 Å². The van der Waals surface area contributed by atoms with Crippen molar-refractivity contribution in [1.82, 2.24) is 9.29 Å². The van der Waals surface area contributed by atoms with Gasteiger partial charge in [0.25, 0.3) is 0 Å². The van der Waals surface area contributed by atoms with Gasteiger partial charge >= 0.3 is 0 Å². The molecule has 1 aliphatic heterocycles. The Morgan fingerprint density at radius 1 is 1.12 bits per heavy atom. The fourth-order valence-electron chi connectivity index (χ4n) is 3.65. The van der Waals surface area contributed by atoms with Gasteiger partial charge in [-0.05, 0) is 49.2 Å². The van der Waals surface area contributed by atoms with E-state index in [1.54, 1.807) is 12.1 Å². The number of amides is 3. The molecule has 12 heteroatoms. The second kappa shape index (κ2) is 10.6. The zero-order chi connectivity index (χ0) is 24.9. The largest absolute Gasteiger partial charge is 0.369 e. The predicted octanol–water partition coefficient (Wildman–Crippen LogP) is 1.00. The van der Waals surface area contributed by atoms with Gasteiger partial charge in [0.15, 0.2) is 0 Å². The van der Waals surface area contributed by atoms with E-state index in [2.05, 4.69) is 15.6 Å². The number of likely N-dealkylation sites (N-methyl/N-ethyl adjacent to an activating group) is 1. The van der Waals surface area contributed by atoms with Gasteiger partial charge in [-0.2, -0.15) is 4.31 Å². The molecule has 182 valence electrons. The van der Waals surface area contributed by atoms with Crippen LogP contribution in [0.3, 0.4) is 0 Å². The van der Waals surface area contributed by atoms with Crippen LogP contribution in [0.5, 0.6) is 0 Å². The molecule has 0 spiro atoms. The van der Waals surface area contributed by atoms with Crippen molar-refractivity contribution < 1.29 is 22.8 Å². The van der Waals surface area contributed by atoms with Crippen LogP contribution >= 0.6 is 0 Å². The van der Waals surface area contributed by atoms with E-state index in [1.807, 2.05) is 4.90 Å². The molecular weight excluding hydrogens is 460 g/mol. The standard InChI is InChI=1S/C22H28N6O5S/c1-15(29)25-17-5-8-19(9-6-17)34(32,33)27(2)14-21(30)26-18-7-10-20(24-12-18)28-11-3-4-16(13-28)22(23)31/h5-10,12,16H,3-4,11,13-14H2,1-2H3,(H2,23,31)(H,25,29)(H,26,30). The van der Waals surface area contributed by atoms with E-state index in [0.717, 1.165) is 23.7 Å². The van der Waals surface area contributed by atoms with Gasteiger partial charge in [0, 0.05) is 32.7 Å². The summed E-state index contributed by atoms with van der Waals surface area (Å²) in [5.41, 5.74) is 6.31. The highest BCUT2D eigenvalue weighted by Crippen LogP contribution is 2.22. The first-order valence-corrected chi connectivity index (χ1v) is 12.1. The molecule has 0 aliphatic carbocycles. The van der Waals surface area contributed by atoms with Crippen molar-refractivity contribution in [3.05, 3.63) is 42.6 Å². The number of benzene rings is 1. The summed E-state index contributed by atoms with van der Waals surface area (Å²) in [4.78, 5) is 41.3. The number of hydrogen-bond acceptors (Lipinski definition) is 7. The third-order valence-electron chi connectivity index (χ3n) is 5.43. The minimum Gasteiger partial charge on any atom is -0.369 e. The average molecular weight is 489 g/mol. The second-order valence-corrected chi connectivity index (χ2v) is 10.2. The summed E-state index contributed by atoms with van der Waals surface area (Å²) in [7, 11) is -2.60. The number of nitrogens with two attached hydrogens (primary N) is 1. The summed E-state index contributed by atoms with van der Waals surface area (Å²) < 4.78 is 26.5. The summed E-state index contributed by atoms with van der Waals surface area (Å²) in [5.74, 6) is -0.656. The van der Waals surface area contributed by atoms with Gasteiger partial charge in [0.1, 0.15) is 5.82 Å². The molecule has 4 N–H and O–H groups in total. The SMILES string of the molecule is CC(=O)Nc1ccc(S(=O)(=O)N(C)CC(=O)Nc2ccc(N3CCCC(C(N)=O)C3)nc2)cc1. The number of pyridine rings is 1. The fourth-order valence-corrected chi connectivity index (χ4v) is 4.77. The van der Waals surface area contributed by atoms with E-state index in [1.165, 1.54) is 44.4 Å². The lowest BCUT2D eigenvalue weighted by atomic mass is 9.97. The van der Waals surface area contributed by atoms with Crippen LogP contribution in [0.4, 0.5) is 17.2 Å². The molecule has 2 aromatic rings. The van der Waals surface area contributed by atoms with Gasteiger partial charge in [0.2, 0.25) is 27.7 Å². The maximum Gasteiger partial charge on any atom is 0.243 e. The van der Waals surface area contributed by atoms with E-state index < -0.39 is 22.5 Å². The molecule has 34 heavy (non-hydrogen) atoms. The number of piperidine rings is 1. The van der Waals surface area contributed by atoms with E-state index in [0.29, 0.717) is 23.7 Å². The van der Waals surface area contributed by atoms with Crippen LogP contribution in [0.2, 0.25) is 0 Å². The molecule has 1 aromatic heterocycles. The van der Waals surface area contributed by atoms with Crippen LogP contribution in [-0.4, -0.2) is 62.1 Å². The molecule has 1 fully saturated rings. The van der Waals surface area contributed by atoms with E-state index >= 15 is 0 Å². The first kappa shape index (κ1) is 25.1. The molecule has 0 radical (unpaired) electrons. The molecule has 1 aliphatic rings. The zero-order valence-corrected chi connectivity index (χ0v) is 19.8. The van der Waals surface area contributed by atoms with Crippen LogP contribution in [0.15, 0.2) is 47.5 Å². The fraction of sp³-hybridized carbons (Fsp3) is 0.364. The van der Waals surface area contributed by atoms with Crippen LogP contribution in [0.25, 0.3) is 0 Å². The third kappa shape index (κ3) is 6.29. The van der Waals surface area contributed by atoms with Gasteiger partial charge in [-0.25, -0.2) is 13.4 Å². The smallest absolute Gasteiger partial charge is 0.243 e. The van der Waals surface area contributed by atoms with Crippen molar-refractivity contribution in [3.8, 4) is 0 Å². The van der Waals surface area contributed by atoms with Crippen LogP contribution in [0.1, 0.15) is 19.8 Å². The maximum absolute atomic E-state index is 12.8. The highest BCUT2D eigenvalue weighted by Gasteiger charge is 2.25. The molecular formula is C22H28N6O5S. The lowest BCUT2D eigenvalue weighted by Crippen LogP contribution is -2.41. The number of primary amides is 1. The van der Waals surface area contributed by atoms with Crippen molar-refractivity contribution in [2.75, 3.05) is 42.2 Å². The molecule has 3 rings (SSSR count). The van der Waals surface area contributed by atoms with Crippen LogP contribution in [0, 0.1) is 5.92 Å². The van der Waals surface area contributed by atoms with Gasteiger partial charge in [-0.1, -0.05) is 0 Å². The minimum atomic E-state index is -3.91. The number of carbonyl (C=O) groups excluding carboxylic acids is 3. The topological polar surface area (TPSA) is 155 Å². The lowest BCUT2D eigenvalue weighted by Gasteiger charge is -2.32. The van der Waals surface area contributed by atoms with Gasteiger partial charge in [-0.15, -0.1) is 0 Å². The highest BCUT2D eigenvalue weighted by atomic mass is 32.2. The minimum absolute atomic E-state index is 0.00119. The Bertz CT molecular complexity index is 1150. The van der Waals surface area contributed by atoms with Crippen molar-refractivity contribution in [2.45, 2.75) is 24.7 Å². The number of nitrogens with one attached hydrogen (secondary N) is 2.